The van der Waals surface area contributed by atoms with E-state index in [1.54, 1.807) is 0 Å². The van der Waals surface area contributed by atoms with Crippen LogP contribution in [0.25, 0.3) is 0 Å². The summed E-state index contributed by atoms with van der Waals surface area (Å²) in [5.41, 5.74) is 0. The average Bonchev–Trinajstić information content (AvgIpc) is 2.93. The molecule has 1 aliphatic carbocycles. The van der Waals surface area contributed by atoms with Crippen LogP contribution in [-0.4, -0.2) is 37.1 Å². The van der Waals surface area contributed by atoms with Crippen LogP contribution in [0.2, 0.25) is 0 Å². The van der Waals surface area contributed by atoms with E-state index in [-0.39, 0.29) is 0 Å². The van der Waals surface area contributed by atoms with Crippen LogP contribution in [-0.2, 0) is 6.42 Å². The molecule has 3 atom stereocenters. The van der Waals surface area contributed by atoms with Crippen LogP contribution >= 0.6 is 11.3 Å². The lowest BCUT2D eigenvalue weighted by atomic mass is 9.86. The molecular formula is C17H30N2S. The molecule has 2 nitrogen and oxygen atoms in total. The van der Waals surface area contributed by atoms with Crippen molar-refractivity contribution < 1.29 is 0 Å². The Morgan fingerprint density at radius 3 is 2.90 bits per heavy atom. The summed E-state index contributed by atoms with van der Waals surface area (Å²) < 4.78 is 0. The molecule has 0 aliphatic heterocycles. The molecular weight excluding hydrogens is 264 g/mol. The summed E-state index contributed by atoms with van der Waals surface area (Å²) in [4.78, 5) is 3.98. The van der Waals surface area contributed by atoms with E-state index in [0.29, 0.717) is 6.04 Å². The second kappa shape index (κ2) is 8.16. The van der Waals surface area contributed by atoms with Gasteiger partial charge in [-0.1, -0.05) is 25.8 Å². The highest BCUT2D eigenvalue weighted by molar-refractivity contribution is 7.09. The summed E-state index contributed by atoms with van der Waals surface area (Å²) in [6.45, 7) is 7.01. The van der Waals surface area contributed by atoms with Crippen molar-refractivity contribution in [3.63, 3.8) is 0 Å². The van der Waals surface area contributed by atoms with E-state index in [0.717, 1.165) is 25.0 Å². The summed E-state index contributed by atoms with van der Waals surface area (Å²) in [6, 6.07) is 5.78. The van der Waals surface area contributed by atoms with Crippen molar-refractivity contribution in [1.82, 2.24) is 10.2 Å². The van der Waals surface area contributed by atoms with Crippen molar-refractivity contribution in [3.05, 3.63) is 22.4 Å². The Kier molecular flexibility index (Phi) is 6.53. The van der Waals surface area contributed by atoms with Gasteiger partial charge in [0.15, 0.2) is 0 Å². The minimum Gasteiger partial charge on any atom is -0.312 e. The predicted octanol–water partition coefficient (Wildman–Crippen LogP) is 3.78. The van der Waals surface area contributed by atoms with Gasteiger partial charge in [-0.2, -0.15) is 0 Å². The van der Waals surface area contributed by atoms with Crippen LogP contribution in [0.3, 0.4) is 0 Å². The molecule has 0 bridgehead atoms. The first-order valence-corrected chi connectivity index (χ1v) is 9.01. The predicted molar refractivity (Wildman–Crippen MR) is 89.5 cm³/mol. The molecule has 0 aromatic carbocycles. The zero-order valence-electron chi connectivity index (χ0n) is 13.3. The fourth-order valence-electron chi connectivity index (χ4n) is 3.14. The minimum atomic E-state index is 0.624. The molecule has 1 heterocycles. The van der Waals surface area contributed by atoms with E-state index in [4.69, 9.17) is 0 Å². The van der Waals surface area contributed by atoms with Crippen molar-refractivity contribution in [1.29, 1.82) is 0 Å². The Hall–Kier alpha value is -0.380. The summed E-state index contributed by atoms with van der Waals surface area (Å²) in [7, 11) is 2.25. The van der Waals surface area contributed by atoms with Gasteiger partial charge in [-0.25, -0.2) is 0 Å². The number of hydrogen-bond acceptors (Lipinski definition) is 3. The second-order valence-electron chi connectivity index (χ2n) is 6.44. The van der Waals surface area contributed by atoms with E-state index in [1.165, 1.54) is 37.0 Å². The highest BCUT2D eigenvalue weighted by atomic mass is 32.1. The molecule has 0 radical (unpaired) electrons. The van der Waals surface area contributed by atoms with Crippen LogP contribution < -0.4 is 5.32 Å². The minimum absolute atomic E-state index is 0.624. The SMILES string of the molecule is CC1CCCCC1NCCN(C)C(C)Cc1cccs1. The molecule has 0 amide bonds. The molecule has 1 aromatic rings. The Bertz CT molecular complexity index is 363. The van der Waals surface area contributed by atoms with Crippen LogP contribution in [0.4, 0.5) is 0 Å². The molecule has 3 unspecified atom stereocenters. The lowest BCUT2D eigenvalue weighted by molar-refractivity contribution is 0.231. The molecule has 1 N–H and O–H groups in total. The van der Waals surface area contributed by atoms with Gasteiger partial charge in [0, 0.05) is 30.1 Å². The lowest BCUT2D eigenvalue weighted by Crippen LogP contribution is -2.42. The van der Waals surface area contributed by atoms with Crippen molar-refractivity contribution in [2.45, 2.75) is 58.0 Å². The first-order chi connectivity index (χ1) is 9.66. The van der Waals surface area contributed by atoms with Gasteiger partial charge in [-0.05, 0) is 50.6 Å². The van der Waals surface area contributed by atoms with Gasteiger partial charge >= 0.3 is 0 Å². The Morgan fingerprint density at radius 1 is 1.40 bits per heavy atom. The fourth-order valence-corrected chi connectivity index (χ4v) is 3.97. The molecule has 1 saturated carbocycles. The number of nitrogens with one attached hydrogen (secondary N) is 1. The number of rotatable bonds is 7. The van der Waals surface area contributed by atoms with Gasteiger partial charge in [0.25, 0.3) is 0 Å². The van der Waals surface area contributed by atoms with Gasteiger partial charge in [0.2, 0.25) is 0 Å². The number of thiophene rings is 1. The van der Waals surface area contributed by atoms with Crippen molar-refractivity contribution in [2.75, 3.05) is 20.1 Å². The van der Waals surface area contributed by atoms with Crippen molar-refractivity contribution in [2.24, 2.45) is 5.92 Å². The summed E-state index contributed by atoms with van der Waals surface area (Å²) in [5, 5.41) is 5.95. The van der Waals surface area contributed by atoms with Crippen LogP contribution in [0.5, 0.6) is 0 Å². The highest BCUT2D eigenvalue weighted by Gasteiger charge is 2.20. The zero-order chi connectivity index (χ0) is 14.4. The highest BCUT2D eigenvalue weighted by Crippen LogP contribution is 2.23. The van der Waals surface area contributed by atoms with E-state index >= 15 is 0 Å². The van der Waals surface area contributed by atoms with Crippen molar-refractivity contribution >= 4 is 11.3 Å². The molecule has 3 heteroatoms. The molecule has 114 valence electrons. The standard InChI is InChI=1S/C17H30N2S/c1-14-7-4-5-9-17(14)18-10-11-19(3)15(2)13-16-8-6-12-20-16/h6,8,12,14-15,17-18H,4-5,7,9-11,13H2,1-3H3. The third-order valence-electron chi connectivity index (χ3n) is 4.81. The van der Waals surface area contributed by atoms with Crippen molar-refractivity contribution in [3.8, 4) is 0 Å². The molecule has 1 aromatic heterocycles. The Balaban J connectivity index is 1.65. The molecule has 1 aliphatic rings. The molecule has 2 rings (SSSR count). The van der Waals surface area contributed by atoms with Crippen LogP contribution in [0, 0.1) is 5.92 Å². The van der Waals surface area contributed by atoms with E-state index in [9.17, 15) is 0 Å². The maximum atomic E-state index is 3.78. The normalized spacial score (nSPS) is 25.0. The number of likely N-dealkylation sites (N-methyl/N-ethyl adjacent to an activating group) is 1. The first kappa shape index (κ1) is 16.0. The molecule has 0 spiro atoms. The maximum Gasteiger partial charge on any atom is 0.0113 e. The topological polar surface area (TPSA) is 15.3 Å². The zero-order valence-corrected chi connectivity index (χ0v) is 14.1. The van der Waals surface area contributed by atoms with Gasteiger partial charge in [0.1, 0.15) is 0 Å². The summed E-state index contributed by atoms with van der Waals surface area (Å²) in [5.74, 6) is 0.859. The Labute approximate surface area is 128 Å². The average molecular weight is 295 g/mol. The lowest BCUT2D eigenvalue weighted by Gasteiger charge is -2.31. The van der Waals surface area contributed by atoms with E-state index in [2.05, 4.69) is 48.6 Å². The summed E-state index contributed by atoms with van der Waals surface area (Å²) in [6.07, 6.45) is 6.79. The van der Waals surface area contributed by atoms with Gasteiger partial charge in [-0.3, -0.25) is 0 Å². The first-order valence-electron chi connectivity index (χ1n) is 8.13. The largest absolute Gasteiger partial charge is 0.312 e. The monoisotopic (exact) mass is 294 g/mol. The smallest absolute Gasteiger partial charge is 0.0113 e. The Morgan fingerprint density at radius 2 is 2.20 bits per heavy atom. The van der Waals surface area contributed by atoms with Gasteiger partial charge in [-0.15, -0.1) is 11.3 Å². The third kappa shape index (κ3) is 4.87. The van der Waals surface area contributed by atoms with Crippen LogP contribution in [0.1, 0.15) is 44.4 Å². The maximum absolute atomic E-state index is 3.78. The number of nitrogens with zero attached hydrogens (tertiary/aromatic N) is 1. The van der Waals surface area contributed by atoms with Gasteiger partial charge < -0.3 is 10.2 Å². The van der Waals surface area contributed by atoms with E-state index < -0.39 is 0 Å². The summed E-state index contributed by atoms with van der Waals surface area (Å²) >= 11 is 1.87. The van der Waals surface area contributed by atoms with Gasteiger partial charge in [0.05, 0.1) is 0 Å². The molecule has 0 saturated heterocycles. The van der Waals surface area contributed by atoms with E-state index in [1.807, 2.05) is 11.3 Å². The molecule has 1 fully saturated rings. The second-order valence-corrected chi connectivity index (χ2v) is 7.47. The number of hydrogen-bond donors (Lipinski definition) is 1. The molecule has 20 heavy (non-hydrogen) atoms. The third-order valence-corrected chi connectivity index (χ3v) is 5.71. The quantitative estimate of drug-likeness (QED) is 0.823. The fraction of sp³-hybridized carbons (Fsp3) is 0.765. The van der Waals surface area contributed by atoms with Crippen LogP contribution in [0.15, 0.2) is 17.5 Å².